The van der Waals surface area contributed by atoms with Crippen LogP contribution in [0.4, 0.5) is 0 Å². The van der Waals surface area contributed by atoms with Crippen molar-refractivity contribution in [2.75, 3.05) is 0 Å². The number of hydrogen-bond donors (Lipinski definition) is 0. The van der Waals surface area contributed by atoms with Gasteiger partial charge in [0.1, 0.15) is 0 Å². The summed E-state index contributed by atoms with van der Waals surface area (Å²) in [6.07, 6.45) is 42.4. The lowest BCUT2D eigenvalue weighted by Crippen LogP contribution is -1.84. The van der Waals surface area contributed by atoms with E-state index >= 15 is 0 Å². The molecular weight excluding hydrogens is 360 g/mol. The Morgan fingerprint density at radius 2 is 0.467 bits per heavy atom. The predicted molar refractivity (Wildman–Crippen MR) is 141 cm³/mol. The lowest BCUT2D eigenvalue weighted by atomic mass is 10.0. The van der Waals surface area contributed by atoms with E-state index in [2.05, 4.69) is 26.0 Å². The fourth-order valence-electron chi connectivity index (χ4n) is 4.44. The Hall–Kier alpha value is -0.260. The summed E-state index contributed by atoms with van der Waals surface area (Å²) in [5.74, 6) is 0. The van der Waals surface area contributed by atoms with Gasteiger partial charge in [-0.2, -0.15) is 0 Å². The molecule has 180 valence electrons. The van der Waals surface area contributed by atoms with Gasteiger partial charge in [-0.05, 0) is 25.7 Å². The Bertz CT molecular complexity index is 303. The normalized spacial score (nSPS) is 11.7. The van der Waals surface area contributed by atoms with Gasteiger partial charge in [-0.25, -0.2) is 0 Å². The zero-order valence-electron chi connectivity index (χ0n) is 21.5. The van der Waals surface area contributed by atoms with Crippen molar-refractivity contribution in [3.63, 3.8) is 0 Å². The average molecular weight is 421 g/mol. The average Bonchev–Trinajstić information content (AvgIpc) is 2.76. The summed E-state index contributed by atoms with van der Waals surface area (Å²) >= 11 is 0. The first-order valence-electron chi connectivity index (χ1n) is 14.6. The summed E-state index contributed by atoms with van der Waals surface area (Å²) in [6, 6.07) is 0. The minimum atomic E-state index is 1.30. The zero-order valence-corrected chi connectivity index (χ0v) is 21.5. The molecule has 0 aliphatic rings. The third kappa shape index (κ3) is 27.7. The number of unbranched alkanes of at least 4 members (excludes halogenated alkanes) is 24. The van der Waals surface area contributed by atoms with E-state index in [1.54, 1.807) is 0 Å². The van der Waals surface area contributed by atoms with E-state index < -0.39 is 0 Å². The highest BCUT2D eigenvalue weighted by molar-refractivity contribution is 4.81. The second kappa shape index (κ2) is 28.7. The number of rotatable bonds is 26. The Balaban J connectivity index is 3.02. The first-order valence-corrected chi connectivity index (χ1v) is 14.6. The highest BCUT2D eigenvalue weighted by Crippen LogP contribution is 2.15. The topological polar surface area (TPSA) is 0 Å². The van der Waals surface area contributed by atoms with Gasteiger partial charge in [-0.1, -0.05) is 167 Å². The molecule has 0 atom stereocenters. The molecule has 0 saturated carbocycles. The predicted octanol–water partition coefficient (Wildman–Crippen LogP) is 11.7. The molecule has 0 fully saturated rings. The molecule has 0 aromatic rings. The maximum atomic E-state index is 2.42. The van der Waals surface area contributed by atoms with Crippen LogP contribution in [0.2, 0.25) is 0 Å². The molecule has 0 bridgehead atoms. The van der Waals surface area contributed by atoms with Crippen LogP contribution >= 0.6 is 0 Å². The van der Waals surface area contributed by atoms with Gasteiger partial charge in [-0.3, -0.25) is 0 Å². The fraction of sp³-hybridized carbons (Fsp3) is 0.933. The smallest absolute Gasteiger partial charge is 0.0351 e. The van der Waals surface area contributed by atoms with Crippen molar-refractivity contribution in [1.29, 1.82) is 0 Å². The van der Waals surface area contributed by atoms with Crippen LogP contribution in [0.5, 0.6) is 0 Å². The van der Waals surface area contributed by atoms with E-state index in [0.717, 1.165) is 0 Å². The standard InChI is InChI=1S/C30H60/c1-3-5-7-9-11-13-15-17-19-21-23-25-27-29-30-28-26-24-22-20-18-16-14-12-10-8-6-4-2/h11,13H,3-10,12,14-30H2,1-2H3/b13-11+. The van der Waals surface area contributed by atoms with Crippen molar-refractivity contribution in [1.82, 2.24) is 0 Å². The molecule has 30 heavy (non-hydrogen) atoms. The first kappa shape index (κ1) is 29.7. The molecule has 0 aliphatic heterocycles. The summed E-state index contributed by atoms with van der Waals surface area (Å²) < 4.78 is 0. The highest BCUT2D eigenvalue weighted by atomic mass is 14.0. The van der Waals surface area contributed by atoms with Crippen LogP contribution < -0.4 is 0 Å². The van der Waals surface area contributed by atoms with E-state index in [9.17, 15) is 0 Å². The van der Waals surface area contributed by atoms with E-state index in [4.69, 9.17) is 0 Å². The van der Waals surface area contributed by atoms with Gasteiger partial charge in [0.05, 0.1) is 0 Å². The fourth-order valence-corrected chi connectivity index (χ4v) is 4.44. The van der Waals surface area contributed by atoms with Crippen molar-refractivity contribution in [2.24, 2.45) is 0 Å². The molecule has 0 unspecified atom stereocenters. The van der Waals surface area contributed by atoms with Gasteiger partial charge in [-0.15, -0.1) is 0 Å². The lowest BCUT2D eigenvalue weighted by molar-refractivity contribution is 0.520. The summed E-state index contributed by atoms with van der Waals surface area (Å²) in [5.41, 5.74) is 0. The second-order valence-corrected chi connectivity index (χ2v) is 9.83. The molecule has 0 aromatic heterocycles. The monoisotopic (exact) mass is 420 g/mol. The molecule has 0 nitrogen and oxygen atoms in total. The minimum Gasteiger partial charge on any atom is -0.0885 e. The van der Waals surface area contributed by atoms with Gasteiger partial charge < -0.3 is 0 Å². The summed E-state index contributed by atoms with van der Waals surface area (Å²) in [5, 5.41) is 0. The summed E-state index contributed by atoms with van der Waals surface area (Å²) in [7, 11) is 0. The van der Waals surface area contributed by atoms with E-state index in [1.165, 1.54) is 167 Å². The quantitative estimate of drug-likeness (QED) is 0.0963. The van der Waals surface area contributed by atoms with Crippen LogP contribution in [0.25, 0.3) is 0 Å². The lowest BCUT2D eigenvalue weighted by Gasteiger charge is -2.04. The Morgan fingerprint density at radius 3 is 0.767 bits per heavy atom. The number of allylic oxidation sites excluding steroid dienone is 2. The summed E-state index contributed by atoms with van der Waals surface area (Å²) in [6.45, 7) is 4.59. The van der Waals surface area contributed by atoms with Crippen LogP contribution in [0.3, 0.4) is 0 Å². The Morgan fingerprint density at radius 1 is 0.267 bits per heavy atom. The van der Waals surface area contributed by atoms with Crippen LogP contribution in [0.15, 0.2) is 12.2 Å². The van der Waals surface area contributed by atoms with Gasteiger partial charge in [0.15, 0.2) is 0 Å². The van der Waals surface area contributed by atoms with E-state index in [1.807, 2.05) is 0 Å². The molecule has 0 aliphatic carbocycles. The third-order valence-electron chi connectivity index (χ3n) is 6.62. The summed E-state index contributed by atoms with van der Waals surface area (Å²) in [4.78, 5) is 0. The van der Waals surface area contributed by atoms with Gasteiger partial charge in [0, 0.05) is 0 Å². The molecule has 0 amide bonds. The van der Waals surface area contributed by atoms with E-state index in [0.29, 0.717) is 0 Å². The minimum absolute atomic E-state index is 1.30. The van der Waals surface area contributed by atoms with Crippen LogP contribution in [0, 0.1) is 0 Å². The van der Waals surface area contributed by atoms with E-state index in [-0.39, 0.29) is 0 Å². The van der Waals surface area contributed by atoms with Crippen molar-refractivity contribution in [2.45, 2.75) is 181 Å². The SMILES string of the molecule is CCCCC/C=C/CCCCCCCCCCCCCCCCCCCCCCC. The Labute approximate surface area is 193 Å². The largest absolute Gasteiger partial charge is 0.0885 e. The second-order valence-electron chi connectivity index (χ2n) is 9.83. The maximum absolute atomic E-state index is 2.42. The number of hydrogen-bond acceptors (Lipinski definition) is 0. The molecule has 0 heteroatoms. The zero-order chi connectivity index (χ0) is 21.8. The van der Waals surface area contributed by atoms with Crippen molar-refractivity contribution >= 4 is 0 Å². The molecule has 0 aromatic carbocycles. The molecule has 0 rings (SSSR count). The highest BCUT2D eigenvalue weighted by Gasteiger charge is 1.95. The molecular formula is C30H60. The first-order chi connectivity index (χ1) is 14.9. The van der Waals surface area contributed by atoms with Gasteiger partial charge >= 0.3 is 0 Å². The van der Waals surface area contributed by atoms with Crippen molar-refractivity contribution in [3.8, 4) is 0 Å². The van der Waals surface area contributed by atoms with Crippen LogP contribution in [-0.4, -0.2) is 0 Å². The van der Waals surface area contributed by atoms with Crippen LogP contribution in [0.1, 0.15) is 181 Å². The molecule has 0 spiro atoms. The van der Waals surface area contributed by atoms with Gasteiger partial charge in [0.2, 0.25) is 0 Å². The molecule has 0 N–H and O–H groups in total. The third-order valence-corrected chi connectivity index (χ3v) is 6.62. The molecule has 0 saturated heterocycles. The Kier molecular flexibility index (Phi) is 28.5. The molecule has 0 radical (unpaired) electrons. The van der Waals surface area contributed by atoms with Gasteiger partial charge in [0.25, 0.3) is 0 Å². The van der Waals surface area contributed by atoms with Crippen LogP contribution in [-0.2, 0) is 0 Å². The van der Waals surface area contributed by atoms with Crippen molar-refractivity contribution in [3.05, 3.63) is 12.2 Å². The van der Waals surface area contributed by atoms with Crippen molar-refractivity contribution < 1.29 is 0 Å². The maximum Gasteiger partial charge on any atom is -0.0351 e. The molecule has 0 heterocycles.